The van der Waals surface area contributed by atoms with Crippen molar-refractivity contribution in [3.63, 3.8) is 0 Å². The third-order valence-electron chi connectivity index (χ3n) is 1.35. The average molecular weight is 152 g/mol. The fraction of sp³-hybridized carbons (Fsp3) is 0.125. The molecule has 11 heavy (non-hydrogen) atoms. The van der Waals surface area contributed by atoms with Crippen molar-refractivity contribution in [1.29, 1.82) is 0 Å². The standard InChI is InChI=1S/C8H9NO2/c1-11-8(10)6-3-2-4-7(9)5-6/h2-5H,9H2,1H3/p+1. The van der Waals surface area contributed by atoms with Crippen molar-refractivity contribution in [2.75, 3.05) is 7.11 Å². The van der Waals surface area contributed by atoms with E-state index in [0.717, 1.165) is 5.69 Å². The summed E-state index contributed by atoms with van der Waals surface area (Å²) in [5.41, 5.74) is 5.04. The minimum absolute atomic E-state index is 0.324. The highest BCUT2D eigenvalue weighted by Crippen LogP contribution is 2.05. The van der Waals surface area contributed by atoms with Gasteiger partial charge in [0.1, 0.15) is 5.69 Å². The van der Waals surface area contributed by atoms with E-state index in [4.69, 9.17) is 0 Å². The van der Waals surface area contributed by atoms with E-state index >= 15 is 0 Å². The topological polar surface area (TPSA) is 53.9 Å². The quantitative estimate of drug-likeness (QED) is 0.590. The molecule has 3 N–H and O–H groups in total. The highest BCUT2D eigenvalue weighted by Gasteiger charge is 2.04. The summed E-state index contributed by atoms with van der Waals surface area (Å²) in [4.78, 5) is 10.9. The first-order valence-electron chi connectivity index (χ1n) is 3.24. The second-order valence-corrected chi connectivity index (χ2v) is 2.19. The van der Waals surface area contributed by atoms with E-state index in [1.165, 1.54) is 7.11 Å². The Balaban J connectivity index is 2.96. The van der Waals surface area contributed by atoms with Crippen LogP contribution in [-0.2, 0) is 4.74 Å². The van der Waals surface area contributed by atoms with E-state index < -0.39 is 0 Å². The first kappa shape index (κ1) is 7.75. The van der Waals surface area contributed by atoms with Crippen LogP contribution in [0, 0.1) is 0 Å². The van der Waals surface area contributed by atoms with E-state index in [9.17, 15) is 4.79 Å². The summed E-state index contributed by atoms with van der Waals surface area (Å²) in [6.45, 7) is 0. The van der Waals surface area contributed by atoms with Crippen molar-refractivity contribution in [3.8, 4) is 0 Å². The van der Waals surface area contributed by atoms with Crippen molar-refractivity contribution < 1.29 is 15.3 Å². The number of benzene rings is 1. The van der Waals surface area contributed by atoms with Crippen molar-refractivity contribution >= 4 is 11.7 Å². The maximum absolute atomic E-state index is 10.9. The zero-order chi connectivity index (χ0) is 8.27. The van der Waals surface area contributed by atoms with Gasteiger partial charge < -0.3 is 10.5 Å². The van der Waals surface area contributed by atoms with Crippen molar-refractivity contribution in [3.05, 3.63) is 29.8 Å². The summed E-state index contributed by atoms with van der Waals surface area (Å²) >= 11 is 0. The zero-order valence-corrected chi connectivity index (χ0v) is 6.33. The summed E-state index contributed by atoms with van der Waals surface area (Å²) in [6, 6.07) is 6.98. The number of ether oxygens (including phenoxy) is 1. The molecule has 3 nitrogen and oxygen atoms in total. The average Bonchev–Trinajstić information content (AvgIpc) is 2.03. The summed E-state index contributed by atoms with van der Waals surface area (Å²) in [6.07, 6.45) is 0. The number of quaternary nitrogens is 1. The molecule has 0 heterocycles. The van der Waals surface area contributed by atoms with Crippen LogP contribution in [0.4, 0.5) is 5.69 Å². The zero-order valence-electron chi connectivity index (χ0n) is 6.33. The molecule has 1 rings (SSSR count). The molecule has 1 aromatic rings. The van der Waals surface area contributed by atoms with Gasteiger partial charge in [-0.25, -0.2) is 4.79 Å². The first-order chi connectivity index (χ1) is 5.24. The van der Waals surface area contributed by atoms with Crippen molar-refractivity contribution in [1.82, 2.24) is 0 Å². The number of hydrogen-bond donors (Lipinski definition) is 1. The lowest BCUT2D eigenvalue weighted by atomic mass is 10.2. The SMILES string of the molecule is COC(=O)c1cccc([NH3+])c1. The van der Waals surface area contributed by atoms with Gasteiger partial charge in [-0.05, 0) is 12.1 Å². The van der Waals surface area contributed by atoms with Crippen LogP contribution in [0.1, 0.15) is 10.4 Å². The van der Waals surface area contributed by atoms with Gasteiger partial charge in [-0.1, -0.05) is 6.07 Å². The van der Waals surface area contributed by atoms with Gasteiger partial charge in [0, 0.05) is 6.07 Å². The molecule has 0 aromatic heterocycles. The number of methoxy groups -OCH3 is 1. The third-order valence-corrected chi connectivity index (χ3v) is 1.35. The molecule has 0 atom stereocenters. The molecule has 0 saturated heterocycles. The lowest BCUT2D eigenvalue weighted by molar-refractivity contribution is -0.254. The van der Waals surface area contributed by atoms with Crippen LogP contribution < -0.4 is 5.73 Å². The van der Waals surface area contributed by atoms with E-state index in [2.05, 4.69) is 10.5 Å². The van der Waals surface area contributed by atoms with Crippen LogP contribution in [0.25, 0.3) is 0 Å². The normalized spacial score (nSPS) is 9.27. The van der Waals surface area contributed by atoms with Crippen LogP contribution in [0.5, 0.6) is 0 Å². The number of esters is 1. The van der Waals surface area contributed by atoms with Gasteiger partial charge in [0.25, 0.3) is 0 Å². The molecule has 1 aromatic carbocycles. The van der Waals surface area contributed by atoms with Crippen LogP contribution in [0.3, 0.4) is 0 Å². The Bertz CT molecular complexity index is 271. The minimum Gasteiger partial charge on any atom is -0.465 e. The first-order valence-corrected chi connectivity index (χ1v) is 3.24. The van der Waals surface area contributed by atoms with Gasteiger partial charge in [0.2, 0.25) is 0 Å². The predicted molar refractivity (Wildman–Crippen MR) is 40.3 cm³/mol. The molecule has 58 valence electrons. The van der Waals surface area contributed by atoms with Crippen LogP contribution in [-0.4, -0.2) is 13.1 Å². The molecule has 0 spiro atoms. The van der Waals surface area contributed by atoms with Gasteiger partial charge in [-0.2, -0.15) is 0 Å². The summed E-state index contributed by atoms with van der Waals surface area (Å²) in [5.74, 6) is -0.324. The van der Waals surface area contributed by atoms with Crippen molar-refractivity contribution in [2.45, 2.75) is 0 Å². The molecular formula is C8H10NO2+. The largest absolute Gasteiger partial charge is 0.465 e. The summed E-state index contributed by atoms with van der Waals surface area (Å²) in [7, 11) is 1.36. The number of hydrogen-bond acceptors (Lipinski definition) is 2. The Morgan fingerprint density at radius 1 is 1.55 bits per heavy atom. The lowest BCUT2D eigenvalue weighted by Crippen LogP contribution is -2.40. The molecule has 3 heteroatoms. The maximum atomic E-state index is 10.9. The van der Waals surface area contributed by atoms with Gasteiger partial charge in [-0.3, -0.25) is 0 Å². The van der Waals surface area contributed by atoms with Gasteiger partial charge in [0.05, 0.1) is 12.7 Å². The molecule has 0 aliphatic heterocycles. The van der Waals surface area contributed by atoms with E-state index in [1.807, 2.05) is 6.07 Å². The number of carbonyl (C=O) groups excluding carboxylic acids is 1. The fourth-order valence-corrected chi connectivity index (χ4v) is 0.816. The van der Waals surface area contributed by atoms with Crippen LogP contribution in [0.15, 0.2) is 24.3 Å². The molecule has 0 saturated carbocycles. The van der Waals surface area contributed by atoms with E-state index in [1.54, 1.807) is 18.2 Å². The highest BCUT2D eigenvalue weighted by atomic mass is 16.5. The molecular weight excluding hydrogens is 142 g/mol. The Morgan fingerprint density at radius 3 is 2.82 bits per heavy atom. The highest BCUT2D eigenvalue weighted by molar-refractivity contribution is 5.89. The second-order valence-electron chi connectivity index (χ2n) is 2.19. The molecule has 0 bridgehead atoms. The molecule has 0 aliphatic rings. The molecule has 0 fully saturated rings. The van der Waals surface area contributed by atoms with Crippen LogP contribution in [0.2, 0.25) is 0 Å². The Kier molecular flexibility index (Phi) is 2.23. The molecule has 0 radical (unpaired) electrons. The second kappa shape index (κ2) is 3.16. The Morgan fingerprint density at radius 2 is 2.27 bits per heavy atom. The monoisotopic (exact) mass is 152 g/mol. The maximum Gasteiger partial charge on any atom is 0.338 e. The Hall–Kier alpha value is -1.35. The summed E-state index contributed by atoms with van der Waals surface area (Å²) in [5, 5.41) is 0. The van der Waals surface area contributed by atoms with Gasteiger partial charge in [0.15, 0.2) is 0 Å². The van der Waals surface area contributed by atoms with Crippen molar-refractivity contribution in [2.24, 2.45) is 0 Å². The minimum atomic E-state index is -0.324. The molecule has 0 amide bonds. The number of carbonyl (C=O) groups is 1. The van der Waals surface area contributed by atoms with Crippen LogP contribution >= 0.6 is 0 Å². The Labute approximate surface area is 64.8 Å². The molecule has 0 aliphatic carbocycles. The number of rotatable bonds is 1. The summed E-state index contributed by atoms with van der Waals surface area (Å²) < 4.78 is 4.52. The molecule has 0 unspecified atom stereocenters. The lowest BCUT2D eigenvalue weighted by Gasteiger charge is -1.96. The smallest absolute Gasteiger partial charge is 0.338 e. The van der Waals surface area contributed by atoms with Gasteiger partial charge >= 0.3 is 5.97 Å². The predicted octanol–water partition coefficient (Wildman–Crippen LogP) is 0.347. The third kappa shape index (κ3) is 1.78. The van der Waals surface area contributed by atoms with Gasteiger partial charge in [-0.15, -0.1) is 0 Å². The van der Waals surface area contributed by atoms with E-state index in [0.29, 0.717) is 5.56 Å². The van der Waals surface area contributed by atoms with E-state index in [-0.39, 0.29) is 5.97 Å². The fourth-order valence-electron chi connectivity index (χ4n) is 0.816.